The number of fused-ring (bicyclic) bond motifs is 2. The number of hydrogen-bond donors (Lipinski definition) is 6. The summed E-state index contributed by atoms with van der Waals surface area (Å²) < 4.78 is 0. The van der Waals surface area contributed by atoms with Gasteiger partial charge >= 0.3 is 0 Å². The van der Waals surface area contributed by atoms with E-state index < -0.39 is 22.3 Å². The minimum atomic E-state index is -1.04. The van der Waals surface area contributed by atoms with Crippen LogP contribution in [0.1, 0.15) is 24.0 Å². The highest BCUT2D eigenvalue weighted by Crippen LogP contribution is 2.46. The van der Waals surface area contributed by atoms with Crippen LogP contribution in [0.4, 0.5) is 22.7 Å². The Morgan fingerprint density at radius 2 is 1.18 bits per heavy atom. The number of carbonyl (C=O) groups is 2. The van der Waals surface area contributed by atoms with Gasteiger partial charge in [0, 0.05) is 35.6 Å². The Kier molecular flexibility index (Phi) is 6.80. The first-order chi connectivity index (χ1) is 16.2. The number of hydrogen-bond acceptors (Lipinski definition) is 6. The van der Waals surface area contributed by atoms with Gasteiger partial charge in [0.15, 0.2) is 11.4 Å². The molecule has 2 aromatic rings. The van der Waals surface area contributed by atoms with E-state index >= 15 is 0 Å². The van der Waals surface area contributed by atoms with Crippen molar-refractivity contribution in [1.29, 1.82) is 0 Å². The van der Waals surface area contributed by atoms with Crippen molar-refractivity contribution >= 4 is 34.6 Å². The maximum absolute atomic E-state index is 13.4. The Bertz CT molecular complexity index is 1040. The van der Waals surface area contributed by atoms with Crippen LogP contribution in [0.3, 0.4) is 0 Å². The lowest BCUT2D eigenvalue weighted by Gasteiger charge is -2.43. The largest absolute Gasteiger partial charge is 0.595 e. The van der Waals surface area contributed by atoms with Crippen LogP contribution in [0.2, 0.25) is 0 Å². The summed E-state index contributed by atoms with van der Waals surface area (Å²) in [6, 6.07) is 9.00. The Labute approximate surface area is 196 Å². The van der Waals surface area contributed by atoms with Crippen molar-refractivity contribution in [2.75, 3.05) is 10.6 Å². The number of aryl methyl sites for hydroxylation is 2. The number of rotatable bonds is 6. The smallest absolute Gasteiger partial charge is 0.228 e. The number of allylic oxidation sites excluding steroid dienone is 2. The summed E-state index contributed by atoms with van der Waals surface area (Å²) in [6.07, 6.45) is 5.64. The summed E-state index contributed by atoms with van der Waals surface area (Å²) in [6.45, 7) is 3.45. The Morgan fingerprint density at radius 1 is 0.794 bits per heavy atom. The van der Waals surface area contributed by atoms with Gasteiger partial charge < -0.3 is 21.0 Å². The van der Waals surface area contributed by atoms with Crippen molar-refractivity contribution < 1.29 is 30.5 Å². The SMILES string of the molecule is Cc1cc([NH+]([O-])O)ccc1NC(=O)[C@@H]1[C@H](C(=O)Nc2ccc([NH+]([O-])O)cc2C)[C@@H]2C=C[C@@H]1CC2. The Morgan fingerprint density at radius 3 is 1.47 bits per heavy atom. The fourth-order valence-corrected chi connectivity index (χ4v) is 5.02. The molecule has 1 fully saturated rings. The molecule has 0 heterocycles. The predicted octanol–water partition coefficient (Wildman–Crippen LogP) is 1.52. The van der Waals surface area contributed by atoms with Gasteiger partial charge in [-0.15, -0.1) is 0 Å². The summed E-state index contributed by atoms with van der Waals surface area (Å²) in [5.41, 5.74) is 2.55. The third-order valence-corrected chi connectivity index (χ3v) is 6.82. The molecule has 6 atom stereocenters. The highest BCUT2D eigenvalue weighted by atomic mass is 16.8. The zero-order valence-corrected chi connectivity index (χ0v) is 18.9. The average Bonchev–Trinajstić information content (AvgIpc) is 2.81. The first kappa shape index (κ1) is 24.0. The number of carbonyl (C=O) groups excluding carboxylic acids is 2. The molecular weight excluding hydrogens is 440 g/mol. The summed E-state index contributed by atoms with van der Waals surface area (Å²) in [5, 5.41) is 44.4. The van der Waals surface area contributed by atoms with E-state index in [1.165, 1.54) is 24.3 Å². The van der Waals surface area contributed by atoms with Gasteiger partial charge in [-0.3, -0.25) is 9.59 Å². The van der Waals surface area contributed by atoms with Gasteiger partial charge in [-0.2, -0.15) is 10.5 Å². The number of anilines is 2. The molecule has 10 heteroatoms. The van der Waals surface area contributed by atoms with Crippen molar-refractivity contribution in [2.24, 2.45) is 23.7 Å². The van der Waals surface area contributed by atoms with Crippen LogP contribution in [-0.4, -0.2) is 22.2 Å². The topological polar surface area (TPSA) is 154 Å². The van der Waals surface area contributed by atoms with Crippen molar-refractivity contribution in [3.63, 3.8) is 0 Å². The highest BCUT2D eigenvalue weighted by Gasteiger charge is 2.48. The van der Waals surface area contributed by atoms with Crippen LogP contribution in [0, 0.1) is 47.9 Å². The zero-order valence-electron chi connectivity index (χ0n) is 18.9. The van der Waals surface area contributed by atoms with Crippen molar-refractivity contribution in [3.05, 3.63) is 70.1 Å². The van der Waals surface area contributed by atoms with Crippen molar-refractivity contribution in [1.82, 2.24) is 0 Å². The van der Waals surface area contributed by atoms with Crippen LogP contribution in [0.15, 0.2) is 48.6 Å². The van der Waals surface area contributed by atoms with Crippen LogP contribution >= 0.6 is 0 Å². The number of quaternary nitrogens is 2. The summed E-state index contributed by atoms with van der Waals surface area (Å²) in [4.78, 5) is 26.8. The maximum atomic E-state index is 13.4. The molecule has 2 bridgehead atoms. The average molecular weight is 469 g/mol. The van der Waals surface area contributed by atoms with Crippen LogP contribution in [0.25, 0.3) is 0 Å². The molecule has 2 unspecified atom stereocenters. The molecule has 5 rings (SSSR count). The van der Waals surface area contributed by atoms with E-state index in [4.69, 9.17) is 10.4 Å². The predicted molar refractivity (Wildman–Crippen MR) is 124 cm³/mol. The second kappa shape index (κ2) is 9.63. The molecule has 10 nitrogen and oxygen atoms in total. The lowest BCUT2D eigenvalue weighted by atomic mass is 9.61. The molecule has 2 amide bonds. The summed E-state index contributed by atoms with van der Waals surface area (Å²) in [7, 11) is 0. The minimum Gasteiger partial charge on any atom is -0.595 e. The Balaban J connectivity index is 1.55. The third-order valence-electron chi connectivity index (χ3n) is 6.82. The van der Waals surface area contributed by atoms with Crippen LogP contribution in [0.5, 0.6) is 0 Å². The molecule has 3 aliphatic rings. The second-order valence-corrected chi connectivity index (χ2v) is 8.99. The first-order valence-electron chi connectivity index (χ1n) is 11.1. The zero-order chi connectivity index (χ0) is 24.6. The van der Waals surface area contributed by atoms with Gasteiger partial charge in [0.25, 0.3) is 0 Å². The normalized spacial score (nSPS) is 25.0. The van der Waals surface area contributed by atoms with Gasteiger partial charge in [0.1, 0.15) is 0 Å². The van der Waals surface area contributed by atoms with E-state index in [9.17, 15) is 20.0 Å². The highest BCUT2D eigenvalue weighted by molar-refractivity contribution is 6.01. The Hall–Kier alpha value is -3.12. The number of nitrogens with one attached hydrogen (secondary N) is 4. The standard InChI is InChI=1S/C24H28N4O6/c1-13-11-17(27(31)32)7-9-19(13)25-23(29)21-15-3-5-16(6-4-15)22(21)24(30)26-20-10-8-18(28(33)34)12-14(20)2/h3,5,7-12,15-16,21-22,27-28,31,33H,4,6H2,1-2H3,(H,25,29)(H,26,30)/t15-,16-,21-,22+/m1/s1. The quantitative estimate of drug-likeness (QED) is 0.279. The van der Waals surface area contributed by atoms with Crippen molar-refractivity contribution in [2.45, 2.75) is 26.7 Å². The van der Waals surface area contributed by atoms with E-state index in [2.05, 4.69) is 10.6 Å². The van der Waals surface area contributed by atoms with Crippen LogP contribution in [-0.2, 0) is 9.59 Å². The van der Waals surface area contributed by atoms with E-state index in [-0.39, 0.29) is 35.0 Å². The molecule has 0 radical (unpaired) electrons. The molecule has 6 N–H and O–H groups in total. The second-order valence-electron chi connectivity index (χ2n) is 8.99. The van der Waals surface area contributed by atoms with Gasteiger partial charge in [0.05, 0.1) is 11.8 Å². The fourth-order valence-electron chi connectivity index (χ4n) is 5.02. The molecule has 2 aromatic carbocycles. The molecule has 0 saturated heterocycles. The fraction of sp³-hybridized carbons (Fsp3) is 0.333. The molecule has 3 aliphatic carbocycles. The van der Waals surface area contributed by atoms with Gasteiger partial charge in [0.2, 0.25) is 11.8 Å². The molecule has 34 heavy (non-hydrogen) atoms. The third kappa shape index (κ3) is 4.73. The number of amides is 2. The number of benzene rings is 2. The van der Waals surface area contributed by atoms with E-state index in [0.29, 0.717) is 22.5 Å². The summed E-state index contributed by atoms with van der Waals surface area (Å²) >= 11 is 0. The van der Waals surface area contributed by atoms with Gasteiger partial charge in [-0.1, -0.05) is 12.2 Å². The molecule has 0 aliphatic heterocycles. The van der Waals surface area contributed by atoms with E-state index in [0.717, 1.165) is 12.8 Å². The molecule has 1 saturated carbocycles. The first-order valence-corrected chi connectivity index (χ1v) is 11.1. The maximum Gasteiger partial charge on any atom is 0.228 e. The molecule has 180 valence electrons. The van der Waals surface area contributed by atoms with E-state index in [1.807, 2.05) is 12.2 Å². The van der Waals surface area contributed by atoms with Crippen LogP contribution < -0.4 is 21.1 Å². The van der Waals surface area contributed by atoms with Gasteiger partial charge in [-0.05, 0) is 61.8 Å². The molecule has 0 aromatic heterocycles. The summed E-state index contributed by atoms with van der Waals surface area (Å²) in [5.74, 6) is -1.84. The lowest BCUT2D eigenvalue weighted by molar-refractivity contribution is -0.991. The molecule has 0 spiro atoms. The minimum absolute atomic E-state index is 0.0742. The monoisotopic (exact) mass is 468 g/mol. The molecular formula is C24H28N4O6. The van der Waals surface area contributed by atoms with Crippen molar-refractivity contribution in [3.8, 4) is 0 Å². The van der Waals surface area contributed by atoms with E-state index in [1.54, 1.807) is 26.0 Å². The van der Waals surface area contributed by atoms with Gasteiger partial charge in [-0.25, -0.2) is 10.4 Å². The lowest BCUT2D eigenvalue weighted by Crippen LogP contribution is -2.99.